The molecule has 0 bridgehead atoms. The molecule has 0 atom stereocenters. The van der Waals surface area contributed by atoms with E-state index in [9.17, 15) is 18.0 Å². The molecule has 170 valence electrons. The van der Waals surface area contributed by atoms with Gasteiger partial charge in [-0.25, -0.2) is 14.8 Å². The Morgan fingerprint density at radius 3 is 2.50 bits per heavy atom. The standard InChI is InChI=1S/C20H19F3N4O4S/c21-20(22,23)31-14-3-1-12(2-4-14)30-13-7-9-27(10-8-13)32-16-6-5-15-18(25-11-24-15)17(16)19(28)26-29/h1-6,11,13,29H,7-10H2,(H,24,25)(H,26,28). The first kappa shape index (κ1) is 22.2. The van der Waals surface area contributed by atoms with Gasteiger partial charge in [-0.2, -0.15) is 0 Å². The SMILES string of the molecule is O=C(NO)c1c(SN2CCC(Oc3ccc(OC(F)(F)F)cc3)CC2)ccc2[nH]cnc12. The predicted molar refractivity (Wildman–Crippen MR) is 110 cm³/mol. The summed E-state index contributed by atoms with van der Waals surface area (Å²) in [6, 6.07) is 8.94. The van der Waals surface area contributed by atoms with Crippen molar-refractivity contribution < 1.29 is 32.6 Å². The van der Waals surface area contributed by atoms with Crippen molar-refractivity contribution in [1.82, 2.24) is 19.8 Å². The second-order valence-electron chi connectivity index (χ2n) is 7.04. The fraction of sp³-hybridized carbons (Fsp3) is 0.300. The third-order valence-corrected chi connectivity index (χ3v) is 6.03. The third-order valence-electron chi connectivity index (χ3n) is 4.87. The largest absolute Gasteiger partial charge is 0.573 e. The highest BCUT2D eigenvalue weighted by Gasteiger charge is 2.31. The summed E-state index contributed by atoms with van der Waals surface area (Å²) >= 11 is 1.40. The van der Waals surface area contributed by atoms with Gasteiger partial charge in [0.1, 0.15) is 23.1 Å². The van der Waals surface area contributed by atoms with E-state index < -0.39 is 12.3 Å². The quantitative estimate of drug-likeness (QED) is 0.284. The Morgan fingerprint density at radius 2 is 1.84 bits per heavy atom. The molecular formula is C20H19F3N4O4S. The van der Waals surface area contributed by atoms with Crippen LogP contribution in [0.25, 0.3) is 11.0 Å². The van der Waals surface area contributed by atoms with E-state index in [4.69, 9.17) is 9.94 Å². The topological polar surface area (TPSA) is 99.7 Å². The maximum atomic E-state index is 12.3. The van der Waals surface area contributed by atoms with Crippen LogP contribution in [0.4, 0.5) is 13.2 Å². The van der Waals surface area contributed by atoms with E-state index in [0.29, 0.717) is 47.6 Å². The van der Waals surface area contributed by atoms with Crippen molar-refractivity contribution in [2.45, 2.75) is 30.2 Å². The number of fused-ring (bicyclic) bond motifs is 1. The van der Waals surface area contributed by atoms with Gasteiger partial charge in [-0.1, -0.05) is 0 Å². The number of aromatic nitrogens is 2. The van der Waals surface area contributed by atoms with Gasteiger partial charge in [0, 0.05) is 18.0 Å². The molecular weight excluding hydrogens is 449 g/mol. The number of hydrogen-bond donors (Lipinski definition) is 3. The number of amides is 1. The molecule has 1 fully saturated rings. The zero-order chi connectivity index (χ0) is 22.7. The minimum Gasteiger partial charge on any atom is -0.490 e. The Bertz CT molecular complexity index is 1080. The minimum absolute atomic E-state index is 0.0877. The number of H-pyrrole nitrogens is 1. The van der Waals surface area contributed by atoms with Crippen LogP contribution in [0.15, 0.2) is 47.6 Å². The van der Waals surface area contributed by atoms with Crippen LogP contribution in [0.1, 0.15) is 23.2 Å². The van der Waals surface area contributed by atoms with Crippen molar-refractivity contribution >= 4 is 28.9 Å². The molecule has 1 saturated heterocycles. The Balaban J connectivity index is 1.35. The molecule has 2 heterocycles. The van der Waals surface area contributed by atoms with Crippen molar-refractivity contribution in [2.75, 3.05) is 13.1 Å². The van der Waals surface area contributed by atoms with Gasteiger partial charge in [0.05, 0.1) is 17.4 Å². The summed E-state index contributed by atoms with van der Waals surface area (Å²) in [7, 11) is 0. The van der Waals surface area contributed by atoms with Crippen LogP contribution >= 0.6 is 11.9 Å². The molecule has 2 aromatic carbocycles. The van der Waals surface area contributed by atoms with E-state index in [1.807, 2.05) is 6.07 Å². The second kappa shape index (κ2) is 9.27. The normalized spacial score (nSPS) is 15.6. The predicted octanol–water partition coefficient (Wildman–Crippen LogP) is 4.13. The van der Waals surface area contributed by atoms with Crippen LogP contribution in [-0.2, 0) is 0 Å². The third kappa shape index (κ3) is 5.26. The monoisotopic (exact) mass is 468 g/mol. The van der Waals surface area contributed by atoms with Gasteiger partial charge >= 0.3 is 6.36 Å². The molecule has 32 heavy (non-hydrogen) atoms. The maximum Gasteiger partial charge on any atom is 0.573 e. The van der Waals surface area contributed by atoms with E-state index in [2.05, 4.69) is 19.0 Å². The molecule has 3 aromatic rings. The van der Waals surface area contributed by atoms with Crippen LogP contribution in [0.3, 0.4) is 0 Å². The van der Waals surface area contributed by atoms with E-state index in [0.717, 1.165) is 0 Å². The van der Waals surface area contributed by atoms with Crippen LogP contribution in [0.2, 0.25) is 0 Å². The number of alkyl halides is 3. The summed E-state index contributed by atoms with van der Waals surface area (Å²) in [5, 5.41) is 9.12. The molecule has 0 spiro atoms. The Labute approximate surface area is 184 Å². The first-order valence-corrected chi connectivity index (χ1v) is 10.5. The van der Waals surface area contributed by atoms with Gasteiger partial charge in [0.2, 0.25) is 0 Å². The van der Waals surface area contributed by atoms with Gasteiger partial charge < -0.3 is 14.5 Å². The molecule has 3 N–H and O–H groups in total. The van der Waals surface area contributed by atoms with E-state index >= 15 is 0 Å². The molecule has 0 radical (unpaired) electrons. The first-order chi connectivity index (χ1) is 15.3. The van der Waals surface area contributed by atoms with Crippen molar-refractivity contribution in [3.8, 4) is 11.5 Å². The summed E-state index contributed by atoms with van der Waals surface area (Å²) in [5.74, 6) is -0.467. The number of hydrogen-bond acceptors (Lipinski definition) is 7. The molecule has 0 aliphatic carbocycles. The summed E-state index contributed by atoms with van der Waals surface area (Å²) in [6.45, 7) is 1.34. The number of imidazole rings is 1. The highest BCUT2D eigenvalue weighted by atomic mass is 32.2. The molecule has 4 rings (SSSR count). The molecule has 1 aliphatic heterocycles. The van der Waals surface area contributed by atoms with Crippen molar-refractivity contribution in [2.24, 2.45) is 0 Å². The van der Waals surface area contributed by atoms with Crippen molar-refractivity contribution in [3.05, 3.63) is 48.3 Å². The maximum absolute atomic E-state index is 12.3. The second-order valence-corrected chi connectivity index (χ2v) is 8.17. The van der Waals surface area contributed by atoms with Gasteiger partial charge in [-0.3, -0.25) is 10.0 Å². The Hall–Kier alpha value is -2.96. The summed E-state index contributed by atoms with van der Waals surface area (Å²) in [5.41, 5.74) is 3.12. The number of nitrogens with zero attached hydrogens (tertiary/aromatic N) is 2. The number of halogens is 3. The van der Waals surface area contributed by atoms with Crippen LogP contribution in [0, 0.1) is 0 Å². The number of ether oxygens (including phenoxy) is 2. The van der Waals surface area contributed by atoms with Gasteiger partial charge in [0.25, 0.3) is 5.91 Å². The highest BCUT2D eigenvalue weighted by Crippen LogP contribution is 2.33. The molecule has 8 nitrogen and oxygen atoms in total. The van der Waals surface area contributed by atoms with E-state index in [1.54, 1.807) is 11.5 Å². The number of piperidine rings is 1. The molecule has 12 heteroatoms. The zero-order valence-corrected chi connectivity index (χ0v) is 17.4. The zero-order valence-electron chi connectivity index (χ0n) is 16.6. The minimum atomic E-state index is -4.73. The van der Waals surface area contributed by atoms with E-state index in [1.165, 1.54) is 42.5 Å². The van der Waals surface area contributed by atoms with Gasteiger partial charge in [-0.05, 0) is 61.2 Å². The van der Waals surface area contributed by atoms with Crippen LogP contribution in [-0.4, -0.2) is 50.9 Å². The molecule has 0 unspecified atom stereocenters. The number of benzene rings is 2. The van der Waals surface area contributed by atoms with Crippen molar-refractivity contribution in [1.29, 1.82) is 0 Å². The average molecular weight is 468 g/mol. The molecule has 1 aliphatic rings. The summed E-state index contributed by atoms with van der Waals surface area (Å²) < 4.78 is 48.6. The number of carbonyl (C=O) groups is 1. The summed E-state index contributed by atoms with van der Waals surface area (Å²) in [6.07, 6.45) is -1.94. The van der Waals surface area contributed by atoms with Crippen LogP contribution < -0.4 is 15.0 Å². The fourth-order valence-corrected chi connectivity index (χ4v) is 4.51. The first-order valence-electron chi connectivity index (χ1n) is 9.68. The lowest BCUT2D eigenvalue weighted by atomic mass is 10.1. The fourth-order valence-electron chi connectivity index (χ4n) is 3.43. The Kier molecular flexibility index (Phi) is 6.44. The Morgan fingerprint density at radius 1 is 1.16 bits per heavy atom. The lowest BCUT2D eigenvalue weighted by Crippen LogP contribution is -2.34. The molecule has 0 saturated carbocycles. The number of hydroxylamine groups is 1. The lowest BCUT2D eigenvalue weighted by molar-refractivity contribution is -0.274. The number of nitrogens with one attached hydrogen (secondary N) is 2. The van der Waals surface area contributed by atoms with Crippen LogP contribution in [0.5, 0.6) is 11.5 Å². The number of carbonyl (C=O) groups excluding carboxylic acids is 1. The average Bonchev–Trinajstić information content (AvgIpc) is 3.23. The molecule has 1 amide bonds. The van der Waals surface area contributed by atoms with Gasteiger partial charge in [-0.15, -0.1) is 13.2 Å². The number of rotatable bonds is 6. The molecule has 1 aromatic heterocycles. The van der Waals surface area contributed by atoms with Crippen molar-refractivity contribution in [3.63, 3.8) is 0 Å². The van der Waals surface area contributed by atoms with E-state index in [-0.39, 0.29) is 17.4 Å². The number of aromatic amines is 1. The lowest BCUT2D eigenvalue weighted by Gasteiger charge is -2.31. The highest BCUT2D eigenvalue weighted by molar-refractivity contribution is 7.97. The van der Waals surface area contributed by atoms with Gasteiger partial charge in [0.15, 0.2) is 0 Å². The smallest absolute Gasteiger partial charge is 0.490 e. The summed E-state index contributed by atoms with van der Waals surface area (Å²) in [4.78, 5) is 20.0.